The van der Waals surface area contributed by atoms with Crippen molar-refractivity contribution in [3.8, 4) is 55.9 Å². The van der Waals surface area contributed by atoms with Crippen LogP contribution in [-0.4, -0.2) is 31.3 Å². The van der Waals surface area contributed by atoms with Crippen molar-refractivity contribution >= 4 is 55.6 Å². The van der Waals surface area contributed by atoms with Crippen LogP contribution in [0, 0.1) is 0 Å². The molecule has 0 bridgehead atoms. The molecular weight excluding hydrogens is 765 g/mol. The van der Waals surface area contributed by atoms with E-state index in [9.17, 15) is 19.8 Å². The zero-order valence-corrected chi connectivity index (χ0v) is 33.2. The average molecular weight is 801 g/mol. The highest BCUT2D eigenvalue weighted by atomic mass is 16.4. The quantitative estimate of drug-likeness (QED) is 0.160. The minimum atomic E-state index is -1.23. The minimum absolute atomic E-state index is 0.122. The summed E-state index contributed by atoms with van der Waals surface area (Å²) in [6, 6.07) is 68.8. The van der Waals surface area contributed by atoms with Crippen molar-refractivity contribution in [3.63, 3.8) is 0 Å². The topological polar surface area (TPSA) is 84.5 Å². The highest BCUT2D eigenvalue weighted by Gasteiger charge is 2.26. The average Bonchev–Trinajstić information content (AvgIpc) is 3.83. The van der Waals surface area contributed by atoms with Crippen LogP contribution in [0.4, 0.5) is 0 Å². The molecule has 62 heavy (non-hydrogen) atoms. The van der Waals surface area contributed by atoms with Gasteiger partial charge in [-0.3, -0.25) is 0 Å². The van der Waals surface area contributed by atoms with Crippen LogP contribution >= 0.6 is 0 Å². The Balaban J connectivity index is 1.22. The normalized spacial score (nSPS) is 11.5. The fourth-order valence-electron chi connectivity index (χ4n) is 9.10. The maximum absolute atomic E-state index is 13.4. The van der Waals surface area contributed by atoms with E-state index in [1.54, 1.807) is 6.07 Å². The van der Waals surface area contributed by atoms with Crippen molar-refractivity contribution in [2.45, 2.75) is 0 Å². The molecular formula is C56H36N2O4. The molecule has 0 fully saturated rings. The molecule has 0 aliphatic rings. The Bertz CT molecular complexity index is 3130. The summed E-state index contributed by atoms with van der Waals surface area (Å²) in [6.45, 7) is 0. The maximum atomic E-state index is 13.4. The molecule has 2 heterocycles. The Kier molecular flexibility index (Phi) is 8.65. The SMILES string of the molecule is O=C(O)c1cc(C(=O)O)c(-n2c3ccc(-c4ccccc4)cc3c3cc(-c4ccccc4)ccc32)cc1-n1c2ccc(-c3ccccc3)cc2c2cc(-c3ccccc3)ccc21. The van der Waals surface area contributed by atoms with Crippen molar-refractivity contribution in [2.24, 2.45) is 0 Å². The maximum Gasteiger partial charge on any atom is 0.337 e. The van der Waals surface area contributed by atoms with Crippen LogP contribution in [0.1, 0.15) is 20.7 Å². The van der Waals surface area contributed by atoms with E-state index >= 15 is 0 Å². The lowest BCUT2D eigenvalue weighted by atomic mass is 10.0. The van der Waals surface area contributed by atoms with Gasteiger partial charge in [0.1, 0.15) is 0 Å². The summed E-state index contributed by atoms with van der Waals surface area (Å²) in [4.78, 5) is 26.8. The zero-order chi connectivity index (χ0) is 41.9. The zero-order valence-electron chi connectivity index (χ0n) is 33.2. The molecule has 6 heteroatoms. The number of hydrogen-bond donors (Lipinski definition) is 2. The molecule has 11 rings (SSSR count). The summed E-state index contributed by atoms with van der Waals surface area (Å²) in [7, 11) is 0. The highest BCUT2D eigenvalue weighted by molar-refractivity contribution is 6.15. The fraction of sp³-hybridized carbons (Fsp3) is 0. The number of carboxylic acids is 2. The summed E-state index contributed by atoms with van der Waals surface area (Å²) in [5.74, 6) is -2.46. The number of carboxylic acid groups (broad SMARTS) is 2. The molecule has 0 spiro atoms. The lowest BCUT2D eigenvalue weighted by molar-refractivity contribution is 0.0696. The van der Waals surface area contributed by atoms with Crippen molar-refractivity contribution in [3.05, 3.63) is 217 Å². The number of carbonyl (C=O) groups is 2. The second-order valence-corrected chi connectivity index (χ2v) is 15.6. The van der Waals surface area contributed by atoms with Gasteiger partial charge in [0, 0.05) is 21.5 Å². The Morgan fingerprint density at radius 3 is 0.790 bits per heavy atom. The third-order valence-corrected chi connectivity index (χ3v) is 12.0. The molecule has 0 aliphatic heterocycles. The van der Waals surface area contributed by atoms with Crippen LogP contribution in [-0.2, 0) is 0 Å². The first-order valence-corrected chi connectivity index (χ1v) is 20.4. The van der Waals surface area contributed by atoms with E-state index < -0.39 is 11.9 Å². The van der Waals surface area contributed by atoms with Gasteiger partial charge in [0.15, 0.2) is 0 Å². The Labute approximate surface area is 356 Å². The van der Waals surface area contributed by atoms with Crippen LogP contribution in [0.2, 0.25) is 0 Å². The van der Waals surface area contributed by atoms with Gasteiger partial charge in [-0.2, -0.15) is 0 Å². The van der Waals surface area contributed by atoms with Gasteiger partial charge in [-0.05, 0) is 105 Å². The van der Waals surface area contributed by atoms with Crippen LogP contribution in [0.15, 0.2) is 206 Å². The molecule has 0 saturated carbocycles. The van der Waals surface area contributed by atoms with Crippen molar-refractivity contribution in [1.29, 1.82) is 0 Å². The number of rotatable bonds is 8. The Morgan fingerprint density at radius 1 is 0.290 bits per heavy atom. The van der Waals surface area contributed by atoms with Gasteiger partial charge in [0.2, 0.25) is 0 Å². The first kappa shape index (κ1) is 36.6. The molecule has 0 radical (unpaired) electrons. The fourth-order valence-corrected chi connectivity index (χ4v) is 9.10. The summed E-state index contributed by atoms with van der Waals surface area (Å²) < 4.78 is 3.95. The predicted molar refractivity (Wildman–Crippen MR) is 251 cm³/mol. The van der Waals surface area contributed by atoms with Gasteiger partial charge in [-0.1, -0.05) is 146 Å². The summed E-state index contributed by atoms with van der Waals surface area (Å²) in [6.07, 6.45) is 0. The molecule has 2 N–H and O–H groups in total. The van der Waals surface area contributed by atoms with Gasteiger partial charge >= 0.3 is 11.9 Å². The van der Waals surface area contributed by atoms with Gasteiger partial charge in [-0.15, -0.1) is 0 Å². The Morgan fingerprint density at radius 2 is 0.548 bits per heavy atom. The molecule has 11 aromatic rings. The van der Waals surface area contributed by atoms with Crippen LogP contribution in [0.25, 0.3) is 99.5 Å². The Hall–Kier alpha value is -8.48. The van der Waals surface area contributed by atoms with E-state index in [1.165, 1.54) is 6.07 Å². The monoisotopic (exact) mass is 800 g/mol. The van der Waals surface area contributed by atoms with Crippen LogP contribution in [0.3, 0.4) is 0 Å². The van der Waals surface area contributed by atoms with E-state index in [0.717, 1.165) is 88.1 Å². The summed E-state index contributed by atoms with van der Waals surface area (Å²) >= 11 is 0. The standard InChI is InChI=1S/C56H36N2O4/c59-55(60)47-33-48(56(61)62)54(58-51-27-23-41(37-17-9-3-10-18-37)31-45(51)46-32-42(24-28-52(46)58)38-19-11-4-12-20-38)34-53(47)57-49-25-21-39(35-13-5-1-6-14-35)29-43(49)44-30-40(22-26-50(44)57)36-15-7-2-8-16-36/h1-34H,(H,59,60)(H,61,62). The smallest absolute Gasteiger partial charge is 0.337 e. The summed E-state index contributed by atoms with van der Waals surface area (Å²) in [5.41, 5.74) is 12.0. The van der Waals surface area contributed by atoms with Crippen LogP contribution in [0.5, 0.6) is 0 Å². The van der Waals surface area contributed by atoms with Gasteiger partial charge in [-0.25, -0.2) is 9.59 Å². The van der Waals surface area contributed by atoms with E-state index in [-0.39, 0.29) is 11.1 Å². The van der Waals surface area contributed by atoms with E-state index in [4.69, 9.17) is 0 Å². The molecule has 0 unspecified atom stereocenters. The largest absolute Gasteiger partial charge is 0.478 e. The molecule has 6 nitrogen and oxygen atoms in total. The minimum Gasteiger partial charge on any atom is -0.478 e. The first-order chi connectivity index (χ1) is 30.4. The lowest BCUT2D eigenvalue weighted by Gasteiger charge is -2.18. The second-order valence-electron chi connectivity index (χ2n) is 15.6. The number of hydrogen-bond acceptors (Lipinski definition) is 2. The number of aromatic nitrogens is 2. The predicted octanol–water partition coefficient (Wildman–Crippen LogP) is 13.9. The third kappa shape index (κ3) is 6.04. The molecule has 0 amide bonds. The van der Waals surface area contributed by atoms with Gasteiger partial charge < -0.3 is 19.3 Å². The van der Waals surface area contributed by atoms with Crippen molar-refractivity contribution in [2.75, 3.05) is 0 Å². The lowest BCUT2D eigenvalue weighted by Crippen LogP contribution is -2.13. The third-order valence-electron chi connectivity index (χ3n) is 12.0. The van der Waals surface area contributed by atoms with Gasteiger partial charge in [0.25, 0.3) is 0 Å². The van der Waals surface area contributed by atoms with E-state index in [0.29, 0.717) is 11.4 Å². The first-order valence-electron chi connectivity index (χ1n) is 20.4. The number of fused-ring (bicyclic) bond motifs is 6. The molecule has 0 saturated heterocycles. The molecule has 294 valence electrons. The van der Waals surface area contributed by atoms with E-state index in [2.05, 4.69) is 97.1 Å². The highest BCUT2D eigenvalue weighted by Crippen LogP contribution is 2.42. The van der Waals surface area contributed by atoms with Crippen molar-refractivity contribution < 1.29 is 19.8 Å². The number of benzene rings is 9. The molecule has 2 aromatic heterocycles. The second kappa shape index (κ2) is 14.7. The number of nitrogens with zero attached hydrogens (tertiary/aromatic N) is 2. The molecule has 9 aromatic carbocycles. The molecule has 0 aliphatic carbocycles. The van der Waals surface area contributed by atoms with E-state index in [1.807, 2.05) is 106 Å². The van der Waals surface area contributed by atoms with Gasteiger partial charge in [0.05, 0.1) is 44.6 Å². The summed E-state index contributed by atoms with van der Waals surface area (Å²) in [5, 5.41) is 25.6. The number of aromatic carboxylic acids is 2. The molecule has 0 atom stereocenters. The van der Waals surface area contributed by atoms with Crippen molar-refractivity contribution in [1.82, 2.24) is 9.13 Å². The van der Waals surface area contributed by atoms with Crippen LogP contribution < -0.4 is 0 Å².